The zero-order valence-electron chi connectivity index (χ0n) is 11.5. The minimum absolute atomic E-state index is 0.113. The van der Waals surface area contributed by atoms with E-state index < -0.39 is 15.6 Å². The molecule has 0 saturated carbocycles. The maximum Gasteiger partial charge on any atom is 0.241 e. The van der Waals surface area contributed by atoms with E-state index in [-0.39, 0.29) is 4.90 Å². The summed E-state index contributed by atoms with van der Waals surface area (Å²) in [6.07, 6.45) is 2.57. The summed E-state index contributed by atoms with van der Waals surface area (Å²) in [4.78, 5) is 4.14. The number of pyridine rings is 1. The van der Waals surface area contributed by atoms with Crippen LogP contribution in [0.1, 0.15) is 26.7 Å². The molecule has 0 fully saturated rings. The summed E-state index contributed by atoms with van der Waals surface area (Å²) in [5.74, 6) is 0.537. The van der Waals surface area contributed by atoms with Crippen molar-refractivity contribution in [3.63, 3.8) is 0 Å². The summed E-state index contributed by atoms with van der Waals surface area (Å²) in [5, 5.41) is 13.1. The van der Waals surface area contributed by atoms with E-state index in [0.29, 0.717) is 25.2 Å². The van der Waals surface area contributed by atoms with Gasteiger partial charge in [0.25, 0.3) is 0 Å². The Hall–Kier alpha value is -1.18. The van der Waals surface area contributed by atoms with E-state index in [0.717, 1.165) is 0 Å². The SMILES string of the molecule is CCC(O)(CC)CNc1ccc(S(=O)(=O)NC)cn1. The average Bonchev–Trinajstić information content (AvgIpc) is 2.45. The van der Waals surface area contributed by atoms with Gasteiger partial charge in [0.05, 0.1) is 5.60 Å². The van der Waals surface area contributed by atoms with E-state index in [2.05, 4.69) is 15.0 Å². The fraction of sp³-hybridized carbons (Fsp3) is 0.583. The fourth-order valence-electron chi connectivity index (χ4n) is 1.52. The summed E-state index contributed by atoms with van der Waals surface area (Å²) in [6, 6.07) is 3.05. The first-order valence-corrected chi connectivity index (χ1v) is 7.71. The molecule has 1 rings (SSSR count). The highest BCUT2D eigenvalue weighted by Gasteiger charge is 2.21. The van der Waals surface area contributed by atoms with Crippen LogP contribution in [0.3, 0.4) is 0 Å². The van der Waals surface area contributed by atoms with Crippen LogP contribution in [-0.4, -0.2) is 37.7 Å². The number of hydrogen-bond acceptors (Lipinski definition) is 5. The molecule has 1 heterocycles. The number of nitrogens with zero attached hydrogens (tertiary/aromatic N) is 1. The molecule has 0 bridgehead atoms. The number of nitrogens with one attached hydrogen (secondary N) is 2. The van der Waals surface area contributed by atoms with E-state index in [4.69, 9.17) is 0 Å². The molecular weight excluding hydrogens is 266 g/mol. The number of hydrogen-bond donors (Lipinski definition) is 3. The van der Waals surface area contributed by atoms with Crippen LogP contribution < -0.4 is 10.0 Å². The average molecular weight is 287 g/mol. The van der Waals surface area contributed by atoms with Crippen LogP contribution in [0.2, 0.25) is 0 Å². The lowest BCUT2D eigenvalue weighted by atomic mass is 9.98. The van der Waals surface area contributed by atoms with Crippen molar-refractivity contribution >= 4 is 15.8 Å². The predicted octanol–water partition coefficient (Wildman–Crippen LogP) is 0.953. The third-order valence-corrected chi connectivity index (χ3v) is 4.63. The van der Waals surface area contributed by atoms with Crippen LogP contribution in [0.15, 0.2) is 23.2 Å². The van der Waals surface area contributed by atoms with Crippen molar-refractivity contribution in [3.8, 4) is 0 Å². The van der Waals surface area contributed by atoms with E-state index >= 15 is 0 Å². The van der Waals surface area contributed by atoms with Crippen molar-refractivity contribution in [2.45, 2.75) is 37.2 Å². The second-order valence-corrected chi connectivity index (χ2v) is 6.26. The monoisotopic (exact) mass is 287 g/mol. The van der Waals surface area contributed by atoms with Crippen LogP contribution in [0.25, 0.3) is 0 Å². The lowest BCUT2D eigenvalue weighted by Crippen LogP contribution is -2.35. The fourth-order valence-corrected chi connectivity index (χ4v) is 2.19. The Morgan fingerprint density at radius 3 is 2.37 bits per heavy atom. The minimum atomic E-state index is -3.46. The topological polar surface area (TPSA) is 91.3 Å². The summed E-state index contributed by atoms with van der Waals surface area (Å²) in [7, 11) is -2.11. The van der Waals surface area contributed by atoms with E-state index in [1.165, 1.54) is 19.3 Å². The molecule has 0 aliphatic heterocycles. The van der Waals surface area contributed by atoms with Crippen molar-refractivity contribution in [1.82, 2.24) is 9.71 Å². The standard InChI is InChI=1S/C12H21N3O3S/c1-4-12(16,5-2)9-15-11-7-6-10(8-14-11)19(17,18)13-3/h6-8,13,16H,4-5,9H2,1-3H3,(H,14,15). The molecule has 19 heavy (non-hydrogen) atoms. The normalized spacial score (nSPS) is 12.4. The Morgan fingerprint density at radius 1 is 1.32 bits per heavy atom. The zero-order chi connectivity index (χ0) is 14.5. The molecular formula is C12H21N3O3S. The molecule has 0 atom stereocenters. The van der Waals surface area contributed by atoms with Gasteiger partial charge in [-0.2, -0.15) is 0 Å². The van der Waals surface area contributed by atoms with Crippen molar-refractivity contribution in [1.29, 1.82) is 0 Å². The molecule has 7 heteroatoms. The number of anilines is 1. The second-order valence-electron chi connectivity index (χ2n) is 4.37. The second kappa shape index (κ2) is 6.31. The molecule has 0 aromatic carbocycles. The maximum atomic E-state index is 11.5. The van der Waals surface area contributed by atoms with Gasteiger partial charge in [-0.25, -0.2) is 18.1 Å². The molecule has 108 valence electrons. The highest BCUT2D eigenvalue weighted by Crippen LogP contribution is 2.16. The Bertz CT molecular complexity index is 495. The highest BCUT2D eigenvalue weighted by atomic mass is 32.2. The van der Waals surface area contributed by atoms with Gasteiger partial charge in [-0.15, -0.1) is 0 Å². The first-order chi connectivity index (χ1) is 8.87. The highest BCUT2D eigenvalue weighted by molar-refractivity contribution is 7.89. The lowest BCUT2D eigenvalue weighted by Gasteiger charge is -2.25. The van der Waals surface area contributed by atoms with Crippen LogP contribution in [-0.2, 0) is 10.0 Å². The van der Waals surface area contributed by atoms with Crippen LogP contribution in [0, 0.1) is 0 Å². The molecule has 0 unspecified atom stereocenters. The third-order valence-electron chi connectivity index (χ3n) is 3.23. The van der Waals surface area contributed by atoms with Crippen molar-refractivity contribution < 1.29 is 13.5 Å². The van der Waals surface area contributed by atoms with Gasteiger partial charge in [-0.05, 0) is 32.0 Å². The van der Waals surface area contributed by atoms with Crippen molar-refractivity contribution in [3.05, 3.63) is 18.3 Å². The molecule has 1 aromatic rings. The number of aromatic nitrogens is 1. The van der Waals surface area contributed by atoms with Gasteiger partial charge in [0.2, 0.25) is 10.0 Å². The first kappa shape index (κ1) is 15.9. The van der Waals surface area contributed by atoms with Gasteiger partial charge in [-0.1, -0.05) is 13.8 Å². The molecule has 0 aliphatic rings. The van der Waals surface area contributed by atoms with Crippen molar-refractivity contribution in [2.24, 2.45) is 0 Å². The third kappa shape index (κ3) is 4.15. The Kier molecular flexibility index (Phi) is 5.28. The summed E-state index contributed by atoms with van der Waals surface area (Å²) >= 11 is 0. The van der Waals surface area contributed by atoms with E-state index in [9.17, 15) is 13.5 Å². The van der Waals surface area contributed by atoms with Crippen LogP contribution in [0.4, 0.5) is 5.82 Å². The van der Waals surface area contributed by atoms with Crippen LogP contribution in [0.5, 0.6) is 0 Å². The minimum Gasteiger partial charge on any atom is -0.388 e. The lowest BCUT2D eigenvalue weighted by molar-refractivity contribution is 0.0456. The largest absolute Gasteiger partial charge is 0.388 e. The molecule has 1 aromatic heterocycles. The van der Waals surface area contributed by atoms with Gasteiger partial charge in [0.15, 0.2) is 0 Å². The predicted molar refractivity (Wildman–Crippen MR) is 74.5 cm³/mol. The number of sulfonamides is 1. The van der Waals surface area contributed by atoms with Crippen molar-refractivity contribution in [2.75, 3.05) is 18.9 Å². The zero-order valence-corrected chi connectivity index (χ0v) is 12.3. The number of aliphatic hydroxyl groups is 1. The molecule has 3 N–H and O–H groups in total. The van der Waals surface area contributed by atoms with Gasteiger partial charge < -0.3 is 10.4 Å². The Morgan fingerprint density at radius 2 is 1.95 bits per heavy atom. The molecule has 0 spiro atoms. The quantitative estimate of drug-likeness (QED) is 0.694. The van der Waals surface area contributed by atoms with Gasteiger partial charge in [0, 0.05) is 12.7 Å². The Labute approximate surface area is 114 Å². The van der Waals surface area contributed by atoms with Crippen LogP contribution >= 0.6 is 0 Å². The molecule has 6 nitrogen and oxygen atoms in total. The van der Waals surface area contributed by atoms with E-state index in [1.54, 1.807) is 6.07 Å². The van der Waals surface area contributed by atoms with Gasteiger partial charge in [0.1, 0.15) is 10.7 Å². The summed E-state index contributed by atoms with van der Waals surface area (Å²) in [6.45, 7) is 4.22. The Balaban J connectivity index is 2.73. The van der Waals surface area contributed by atoms with Gasteiger partial charge in [-0.3, -0.25) is 0 Å². The molecule has 0 amide bonds. The smallest absolute Gasteiger partial charge is 0.241 e. The summed E-state index contributed by atoms with van der Waals surface area (Å²) in [5.41, 5.74) is -0.766. The van der Waals surface area contributed by atoms with E-state index in [1.807, 2.05) is 13.8 Å². The molecule has 0 radical (unpaired) electrons. The first-order valence-electron chi connectivity index (χ1n) is 6.22. The number of rotatable bonds is 7. The molecule has 0 aliphatic carbocycles. The van der Waals surface area contributed by atoms with Gasteiger partial charge >= 0.3 is 0 Å². The maximum absolute atomic E-state index is 11.5. The molecule has 0 saturated heterocycles. The summed E-state index contributed by atoms with van der Waals surface area (Å²) < 4.78 is 25.2.